The first-order valence-corrected chi connectivity index (χ1v) is 7.85. The lowest BCUT2D eigenvalue weighted by Crippen LogP contribution is -2.15. The molecule has 0 aliphatic rings. The zero-order chi connectivity index (χ0) is 12.7. The molecular weight excluding hydrogens is 300 g/mol. The van der Waals surface area contributed by atoms with Crippen LogP contribution >= 0.6 is 27.7 Å². The molecular formula is C11H19BrN4S. The minimum Gasteiger partial charge on any atom is -0.369 e. The quantitative estimate of drug-likeness (QED) is 0.809. The van der Waals surface area contributed by atoms with Crippen LogP contribution in [0.1, 0.15) is 13.8 Å². The number of hydrogen-bond donors (Lipinski definition) is 2. The fourth-order valence-electron chi connectivity index (χ4n) is 1.35. The van der Waals surface area contributed by atoms with Crippen molar-refractivity contribution in [3.05, 3.63) is 10.7 Å². The lowest BCUT2D eigenvalue weighted by molar-refractivity contribution is 0.699. The Morgan fingerprint density at radius 3 is 2.88 bits per heavy atom. The van der Waals surface area contributed by atoms with E-state index in [1.165, 1.54) is 0 Å². The summed E-state index contributed by atoms with van der Waals surface area (Å²) in [4.78, 5) is 8.59. The van der Waals surface area contributed by atoms with E-state index in [2.05, 4.69) is 49.7 Å². The van der Waals surface area contributed by atoms with Crippen molar-refractivity contribution in [3.8, 4) is 0 Å². The van der Waals surface area contributed by atoms with E-state index in [4.69, 9.17) is 0 Å². The molecule has 1 aromatic heterocycles. The molecule has 0 amide bonds. The molecule has 0 bridgehead atoms. The van der Waals surface area contributed by atoms with E-state index in [0.717, 1.165) is 29.1 Å². The zero-order valence-corrected chi connectivity index (χ0v) is 12.9. The molecule has 1 rings (SSSR count). The molecule has 96 valence electrons. The van der Waals surface area contributed by atoms with E-state index in [9.17, 15) is 0 Å². The Labute approximate surface area is 116 Å². The number of halogens is 1. The van der Waals surface area contributed by atoms with E-state index in [0.29, 0.717) is 11.9 Å². The van der Waals surface area contributed by atoms with E-state index in [1.807, 2.05) is 18.7 Å². The normalized spacial score (nSPS) is 12.2. The van der Waals surface area contributed by atoms with Gasteiger partial charge in [0, 0.05) is 19.3 Å². The van der Waals surface area contributed by atoms with Crippen molar-refractivity contribution in [2.24, 2.45) is 5.92 Å². The topological polar surface area (TPSA) is 49.8 Å². The Kier molecular flexibility index (Phi) is 6.65. The summed E-state index contributed by atoms with van der Waals surface area (Å²) in [7, 11) is 0. The van der Waals surface area contributed by atoms with Crippen LogP contribution in [0.3, 0.4) is 0 Å². The van der Waals surface area contributed by atoms with Crippen molar-refractivity contribution in [1.29, 1.82) is 0 Å². The van der Waals surface area contributed by atoms with Gasteiger partial charge in [0.05, 0.1) is 4.47 Å². The van der Waals surface area contributed by atoms with Crippen molar-refractivity contribution in [1.82, 2.24) is 9.97 Å². The molecule has 1 heterocycles. The van der Waals surface area contributed by atoms with Crippen molar-refractivity contribution in [2.45, 2.75) is 13.8 Å². The average molecular weight is 319 g/mol. The maximum absolute atomic E-state index is 4.41. The van der Waals surface area contributed by atoms with Crippen molar-refractivity contribution in [3.63, 3.8) is 0 Å². The Morgan fingerprint density at radius 2 is 2.24 bits per heavy atom. The number of hydrogen-bond acceptors (Lipinski definition) is 5. The monoisotopic (exact) mass is 318 g/mol. The Hall–Kier alpha value is -0.490. The van der Waals surface area contributed by atoms with Crippen LogP contribution in [0.2, 0.25) is 0 Å². The number of rotatable bonds is 7. The number of thioether (sulfide) groups is 1. The molecule has 1 unspecified atom stereocenters. The maximum Gasteiger partial charge on any atom is 0.224 e. The molecule has 6 heteroatoms. The van der Waals surface area contributed by atoms with Crippen LogP contribution in [0.15, 0.2) is 10.7 Å². The van der Waals surface area contributed by atoms with Crippen LogP contribution in [0, 0.1) is 5.92 Å². The third-order valence-corrected chi connectivity index (χ3v) is 3.63. The summed E-state index contributed by atoms with van der Waals surface area (Å²) in [6.45, 7) is 5.99. The van der Waals surface area contributed by atoms with Gasteiger partial charge in [-0.3, -0.25) is 0 Å². The van der Waals surface area contributed by atoms with E-state index in [-0.39, 0.29) is 0 Å². The molecule has 1 atom stereocenters. The van der Waals surface area contributed by atoms with Crippen LogP contribution in [0.4, 0.5) is 11.8 Å². The molecule has 1 aromatic rings. The van der Waals surface area contributed by atoms with Gasteiger partial charge in [-0.15, -0.1) is 0 Å². The van der Waals surface area contributed by atoms with Gasteiger partial charge in [0.1, 0.15) is 5.82 Å². The fourth-order valence-corrected chi connectivity index (χ4v) is 2.37. The second kappa shape index (κ2) is 7.76. The first-order chi connectivity index (χ1) is 8.17. The largest absolute Gasteiger partial charge is 0.369 e. The molecule has 4 nitrogen and oxygen atoms in total. The smallest absolute Gasteiger partial charge is 0.224 e. The molecule has 0 saturated carbocycles. The van der Waals surface area contributed by atoms with Gasteiger partial charge < -0.3 is 10.6 Å². The molecule has 0 spiro atoms. The van der Waals surface area contributed by atoms with Crippen LogP contribution < -0.4 is 10.6 Å². The first-order valence-electron chi connectivity index (χ1n) is 5.66. The second-order valence-corrected chi connectivity index (χ2v) is 5.63. The van der Waals surface area contributed by atoms with Crippen LogP contribution in [-0.2, 0) is 0 Å². The highest BCUT2D eigenvalue weighted by Gasteiger charge is 2.06. The third kappa shape index (κ3) is 5.12. The summed E-state index contributed by atoms with van der Waals surface area (Å²) < 4.78 is 0.899. The lowest BCUT2D eigenvalue weighted by Gasteiger charge is -2.13. The molecule has 0 fully saturated rings. The summed E-state index contributed by atoms with van der Waals surface area (Å²) in [6, 6.07) is 0. The highest BCUT2D eigenvalue weighted by molar-refractivity contribution is 9.10. The SMILES string of the molecule is CCNc1ncc(Br)c(NCC(C)CSC)n1. The average Bonchev–Trinajstić information content (AvgIpc) is 2.30. The molecule has 0 aliphatic carbocycles. The van der Waals surface area contributed by atoms with Crippen LogP contribution in [0.5, 0.6) is 0 Å². The van der Waals surface area contributed by atoms with Crippen molar-refractivity contribution >= 4 is 39.5 Å². The lowest BCUT2D eigenvalue weighted by atomic mass is 10.2. The third-order valence-electron chi connectivity index (χ3n) is 2.15. The predicted molar refractivity (Wildman–Crippen MR) is 79.9 cm³/mol. The van der Waals surface area contributed by atoms with Gasteiger partial charge in [0.25, 0.3) is 0 Å². The Bertz CT molecular complexity index is 348. The highest BCUT2D eigenvalue weighted by atomic mass is 79.9. The van der Waals surface area contributed by atoms with Gasteiger partial charge in [-0.25, -0.2) is 4.98 Å². The van der Waals surface area contributed by atoms with Gasteiger partial charge in [-0.1, -0.05) is 6.92 Å². The van der Waals surface area contributed by atoms with Crippen molar-refractivity contribution in [2.75, 3.05) is 35.7 Å². The first kappa shape index (κ1) is 14.6. The van der Waals surface area contributed by atoms with Gasteiger partial charge in [0.2, 0.25) is 5.95 Å². The Balaban J connectivity index is 2.59. The van der Waals surface area contributed by atoms with E-state index in [1.54, 1.807) is 6.20 Å². The predicted octanol–water partition coefficient (Wildman–Crippen LogP) is 3.08. The summed E-state index contributed by atoms with van der Waals surface area (Å²) >= 11 is 5.31. The minimum atomic E-state index is 0.620. The van der Waals surface area contributed by atoms with Gasteiger partial charge >= 0.3 is 0 Å². The molecule has 0 aromatic carbocycles. The fraction of sp³-hybridized carbons (Fsp3) is 0.636. The summed E-state index contributed by atoms with van der Waals surface area (Å²) in [5.41, 5.74) is 0. The van der Waals surface area contributed by atoms with Gasteiger partial charge in [-0.05, 0) is 40.8 Å². The molecule has 17 heavy (non-hydrogen) atoms. The van der Waals surface area contributed by atoms with E-state index >= 15 is 0 Å². The highest BCUT2D eigenvalue weighted by Crippen LogP contribution is 2.20. The van der Waals surface area contributed by atoms with Gasteiger partial charge in [0.15, 0.2) is 0 Å². The number of nitrogens with one attached hydrogen (secondary N) is 2. The standard InChI is InChI=1S/C11H19BrN4S/c1-4-13-11-15-6-9(12)10(16-11)14-5-8(2)7-17-3/h6,8H,4-5,7H2,1-3H3,(H2,13,14,15,16). The molecule has 0 radical (unpaired) electrons. The van der Waals surface area contributed by atoms with Crippen molar-refractivity contribution < 1.29 is 0 Å². The Morgan fingerprint density at radius 1 is 1.47 bits per heavy atom. The second-order valence-electron chi connectivity index (χ2n) is 3.86. The number of anilines is 2. The van der Waals surface area contributed by atoms with Gasteiger partial charge in [-0.2, -0.15) is 16.7 Å². The minimum absolute atomic E-state index is 0.620. The zero-order valence-electron chi connectivity index (χ0n) is 10.5. The summed E-state index contributed by atoms with van der Waals surface area (Å²) in [6.07, 6.45) is 3.90. The molecule has 2 N–H and O–H groups in total. The number of nitrogens with zero attached hydrogens (tertiary/aromatic N) is 2. The summed E-state index contributed by atoms with van der Waals surface area (Å²) in [5.74, 6) is 3.28. The molecule has 0 aliphatic heterocycles. The molecule has 0 saturated heterocycles. The maximum atomic E-state index is 4.41. The van der Waals surface area contributed by atoms with Crippen LogP contribution in [0.25, 0.3) is 0 Å². The number of aromatic nitrogens is 2. The summed E-state index contributed by atoms with van der Waals surface area (Å²) in [5, 5.41) is 6.45. The van der Waals surface area contributed by atoms with Crippen LogP contribution in [-0.4, -0.2) is 35.1 Å². The van der Waals surface area contributed by atoms with E-state index < -0.39 is 0 Å².